The fraction of sp³-hybridized carbons (Fsp3) is 0.438. The van der Waals surface area contributed by atoms with E-state index in [2.05, 4.69) is 5.32 Å². The monoisotopic (exact) mass is 320 g/mol. The molecular weight excluding hydrogens is 300 g/mol. The van der Waals surface area contributed by atoms with Gasteiger partial charge in [0.15, 0.2) is 6.10 Å². The number of carbonyl (C=O) groups is 3. The minimum atomic E-state index is -1.03. The first-order chi connectivity index (χ1) is 11.0. The standard InChI is InChI=1S/C16H20N2O5/c1-3-10-22-13-6-4-12(5-7-13)15(20)23-11(2)14(19)18-9-8-17-16(18)21/h4-7,11H,3,8-10H2,1-2H3,(H,17,21)/t11-/m1/s1. The van der Waals surface area contributed by atoms with Crippen molar-refractivity contribution in [2.75, 3.05) is 19.7 Å². The van der Waals surface area contributed by atoms with E-state index in [1.54, 1.807) is 24.3 Å². The third kappa shape index (κ3) is 4.21. The van der Waals surface area contributed by atoms with Gasteiger partial charge in [-0.1, -0.05) is 6.92 Å². The van der Waals surface area contributed by atoms with Crippen molar-refractivity contribution in [3.05, 3.63) is 29.8 Å². The molecule has 1 heterocycles. The summed E-state index contributed by atoms with van der Waals surface area (Å²) in [6.45, 7) is 4.75. The molecule has 23 heavy (non-hydrogen) atoms. The van der Waals surface area contributed by atoms with Crippen molar-refractivity contribution in [2.24, 2.45) is 0 Å². The summed E-state index contributed by atoms with van der Waals surface area (Å²) in [6.07, 6.45) is -0.129. The molecule has 1 aliphatic heterocycles. The molecule has 124 valence electrons. The molecule has 1 aromatic rings. The molecule has 0 saturated carbocycles. The smallest absolute Gasteiger partial charge is 0.338 e. The number of nitrogens with zero attached hydrogens (tertiary/aromatic N) is 1. The third-order valence-corrected chi connectivity index (χ3v) is 3.32. The summed E-state index contributed by atoms with van der Waals surface area (Å²) in [6, 6.07) is 6.04. The number of imide groups is 1. The Labute approximate surface area is 134 Å². The number of ether oxygens (including phenoxy) is 2. The quantitative estimate of drug-likeness (QED) is 0.804. The maximum Gasteiger partial charge on any atom is 0.338 e. The van der Waals surface area contributed by atoms with Gasteiger partial charge >= 0.3 is 12.0 Å². The summed E-state index contributed by atoms with van der Waals surface area (Å²) < 4.78 is 10.6. The van der Waals surface area contributed by atoms with Gasteiger partial charge in [-0.15, -0.1) is 0 Å². The van der Waals surface area contributed by atoms with E-state index in [-0.39, 0.29) is 6.54 Å². The molecule has 0 bridgehead atoms. The Bertz CT molecular complexity index is 585. The van der Waals surface area contributed by atoms with Crippen LogP contribution in [0.2, 0.25) is 0 Å². The van der Waals surface area contributed by atoms with Crippen molar-refractivity contribution in [1.29, 1.82) is 0 Å². The summed E-state index contributed by atoms with van der Waals surface area (Å²) in [5.41, 5.74) is 0.319. The van der Waals surface area contributed by atoms with Crippen molar-refractivity contribution in [2.45, 2.75) is 26.4 Å². The van der Waals surface area contributed by atoms with Crippen molar-refractivity contribution >= 4 is 17.9 Å². The summed E-state index contributed by atoms with van der Waals surface area (Å²) >= 11 is 0. The van der Waals surface area contributed by atoms with Crippen LogP contribution in [0.5, 0.6) is 5.75 Å². The number of carbonyl (C=O) groups excluding carboxylic acids is 3. The van der Waals surface area contributed by atoms with Crippen LogP contribution in [0.25, 0.3) is 0 Å². The van der Waals surface area contributed by atoms with E-state index in [9.17, 15) is 14.4 Å². The Kier molecular flexibility index (Phi) is 5.56. The van der Waals surface area contributed by atoms with Gasteiger partial charge in [-0.3, -0.25) is 9.69 Å². The molecule has 1 aliphatic rings. The first-order valence-corrected chi connectivity index (χ1v) is 7.56. The van der Waals surface area contributed by atoms with Gasteiger partial charge in [0.25, 0.3) is 5.91 Å². The van der Waals surface area contributed by atoms with Gasteiger partial charge in [-0.05, 0) is 37.6 Å². The average Bonchev–Trinajstić information content (AvgIpc) is 2.98. The van der Waals surface area contributed by atoms with Gasteiger partial charge < -0.3 is 14.8 Å². The van der Waals surface area contributed by atoms with Crippen molar-refractivity contribution in [3.8, 4) is 5.75 Å². The molecule has 7 heteroatoms. The van der Waals surface area contributed by atoms with E-state index in [1.807, 2.05) is 6.92 Å². The van der Waals surface area contributed by atoms with Crippen molar-refractivity contribution < 1.29 is 23.9 Å². The average molecular weight is 320 g/mol. The van der Waals surface area contributed by atoms with Crippen LogP contribution in [-0.2, 0) is 9.53 Å². The molecule has 2 rings (SSSR count). The molecule has 0 spiro atoms. The lowest BCUT2D eigenvalue weighted by atomic mass is 10.2. The molecule has 0 radical (unpaired) electrons. The molecule has 0 unspecified atom stereocenters. The maximum absolute atomic E-state index is 12.1. The molecule has 1 N–H and O–H groups in total. The summed E-state index contributed by atoms with van der Waals surface area (Å²) in [5.74, 6) is -0.481. The first-order valence-electron chi connectivity index (χ1n) is 7.56. The highest BCUT2D eigenvalue weighted by Crippen LogP contribution is 2.14. The van der Waals surface area contributed by atoms with Crippen LogP contribution in [0.4, 0.5) is 4.79 Å². The Morgan fingerprint density at radius 1 is 1.30 bits per heavy atom. The number of amides is 3. The van der Waals surface area contributed by atoms with Crippen LogP contribution in [0.1, 0.15) is 30.6 Å². The molecular formula is C16H20N2O5. The zero-order chi connectivity index (χ0) is 16.8. The van der Waals surface area contributed by atoms with Crippen LogP contribution in [0, 0.1) is 0 Å². The minimum Gasteiger partial charge on any atom is -0.494 e. The lowest BCUT2D eigenvalue weighted by molar-refractivity contribution is -0.136. The van der Waals surface area contributed by atoms with Gasteiger partial charge in [-0.2, -0.15) is 0 Å². The number of esters is 1. The molecule has 1 fully saturated rings. The minimum absolute atomic E-state index is 0.281. The highest BCUT2D eigenvalue weighted by molar-refractivity contribution is 5.99. The lowest BCUT2D eigenvalue weighted by Crippen LogP contribution is -2.41. The fourth-order valence-corrected chi connectivity index (χ4v) is 2.09. The molecule has 1 saturated heterocycles. The van der Waals surface area contributed by atoms with Crippen LogP contribution in [0.3, 0.4) is 0 Å². The SMILES string of the molecule is CCCOc1ccc(C(=O)O[C@H](C)C(=O)N2CCNC2=O)cc1. The van der Waals surface area contributed by atoms with E-state index in [4.69, 9.17) is 9.47 Å². The topological polar surface area (TPSA) is 84.9 Å². The normalized spacial score (nSPS) is 15.0. The second kappa shape index (κ2) is 7.62. The predicted octanol–water partition coefficient (Wildman–Crippen LogP) is 1.57. The van der Waals surface area contributed by atoms with E-state index in [0.29, 0.717) is 24.5 Å². The zero-order valence-electron chi connectivity index (χ0n) is 13.2. The number of hydrogen-bond donors (Lipinski definition) is 1. The van der Waals surface area contributed by atoms with Gasteiger partial charge in [0, 0.05) is 13.1 Å². The van der Waals surface area contributed by atoms with Crippen molar-refractivity contribution in [1.82, 2.24) is 10.2 Å². The van der Waals surface area contributed by atoms with E-state index in [0.717, 1.165) is 11.3 Å². The second-order valence-electron chi connectivity index (χ2n) is 5.14. The molecule has 0 aliphatic carbocycles. The van der Waals surface area contributed by atoms with E-state index >= 15 is 0 Å². The Morgan fingerprint density at radius 3 is 2.57 bits per heavy atom. The van der Waals surface area contributed by atoms with Crippen LogP contribution < -0.4 is 10.1 Å². The highest BCUT2D eigenvalue weighted by atomic mass is 16.5. The van der Waals surface area contributed by atoms with Gasteiger partial charge in [-0.25, -0.2) is 9.59 Å². The number of hydrogen-bond acceptors (Lipinski definition) is 5. The number of nitrogens with one attached hydrogen (secondary N) is 1. The molecule has 1 aromatic carbocycles. The van der Waals surface area contributed by atoms with Crippen molar-refractivity contribution in [3.63, 3.8) is 0 Å². The molecule has 1 atom stereocenters. The zero-order valence-corrected chi connectivity index (χ0v) is 13.2. The first kappa shape index (κ1) is 16.8. The second-order valence-corrected chi connectivity index (χ2v) is 5.14. The van der Waals surface area contributed by atoms with Gasteiger partial charge in [0.1, 0.15) is 5.75 Å². The fourth-order valence-electron chi connectivity index (χ4n) is 2.09. The van der Waals surface area contributed by atoms with Crippen LogP contribution in [0.15, 0.2) is 24.3 Å². The van der Waals surface area contributed by atoms with Crippen LogP contribution in [-0.4, -0.2) is 48.6 Å². The molecule has 0 aromatic heterocycles. The van der Waals surface area contributed by atoms with E-state index < -0.39 is 24.0 Å². The lowest BCUT2D eigenvalue weighted by Gasteiger charge is -2.18. The summed E-state index contributed by atoms with van der Waals surface area (Å²) in [5, 5.41) is 2.53. The number of rotatable bonds is 6. The molecule has 7 nitrogen and oxygen atoms in total. The Hall–Kier alpha value is -2.57. The third-order valence-electron chi connectivity index (χ3n) is 3.32. The summed E-state index contributed by atoms with van der Waals surface area (Å²) in [4.78, 5) is 36.6. The maximum atomic E-state index is 12.1. The Morgan fingerprint density at radius 2 is 2.00 bits per heavy atom. The predicted molar refractivity (Wildman–Crippen MR) is 82.2 cm³/mol. The summed E-state index contributed by atoms with van der Waals surface area (Å²) in [7, 11) is 0. The van der Waals surface area contributed by atoms with Gasteiger partial charge in [0.2, 0.25) is 0 Å². The van der Waals surface area contributed by atoms with Gasteiger partial charge in [0.05, 0.1) is 12.2 Å². The van der Waals surface area contributed by atoms with Crippen LogP contribution >= 0.6 is 0 Å². The Balaban J connectivity index is 1.92. The highest BCUT2D eigenvalue weighted by Gasteiger charge is 2.31. The number of urea groups is 1. The molecule has 3 amide bonds. The largest absolute Gasteiger partial charge is 0.494 e. The number of benzene rings is 1. The van der Waals surface area contributed by atoms with E-state index in [1.165, 1.54) is 6.92 Å².